The van der Waals surface area contributed by atoms with Gasteiger partial charge in [-0.25, -0.2) is 0 Å². The molecule has 104 valence electrons. The van der Waals surface area contributed by atoms with Crippen molar-refractivity contribution in [1.29, 1.82) is 0 Å². The van der Waals surface area contributed by atoms with Gasteiger partial charge in [0, 0.05) is 13.1 Å². The normalized spacial score (nSPS) is 32.3. The molecule has 3 heterocycles. The van der Waals surface area contributed by atoms with Crippen molar-refractivity contribution in [3.63, 3.8) is 0 Å². The van der Waals surface area contributed by atoms with Crippen molar-refractivity contribution in [3.8, 4) is 0 Å². The van der Waals surface area contributed by atoms with Gasteiger partial charge in [0.25, 0.3) is 0 Å². The van der Waals surface area contributed by atoms with Crippen molar-refractivity contribution in [2.75, 3.05) is 46.4 Å². The van der Waals surface area contributed by atoms with Crippen molar-refractivity contribution in [2.45, 2.75) is 37.3 Å². The average molecular weight is 254 g/mol. The van der Waals surface area contributed by atoms with Gasteiger partial charge in [0.15, 0.2) is 0 Å². The van der Waals surface area contributed by atoms with Crippen molar-refractivity contribution in [3.05, 3.63) is 0 Å². The van der Waals surface area contributed by atoms with E-state index in [0.717, 1.165) is 45.1 Å². The highest BCUT2D eigenvalue weighted by molar-refractivity contribution is 5.04. The first-order chi connectivity index (χ1) is 8.71. The second-order valence-corrected chi connectivity index (χ2v) is 6.39. The van der Waals surface area contributed by atoms with Crippen molar-refractivity contribution in [1.82, 2.24) is 9.80 Å². The Balaban J connectivity index is 1.66. The minimum atomic E-state index is -0.0724. The molecule has 0 unspecified atom stereocenters. The van der Waals surface area contributed by atoms with Gasteiger partial charge < -0.3 is 14.7 Å². The lowest BCUT2D eigenvalue weighted by Crippen LogP contribution is -2.68. The van der Waals surface area contributed by atoms with Gasteiger partial charge in [-0.2, -0.15) is 0 Å². The van der Waals surface area contributed by atoms with Crippen LogP contribution in [0.3, 0.4) is 0 Å². The Hall–Kier alpha value is -0.160. The lowest BCUT2D eigenvalue weighted by atomic mass is 9.74. The predicted octanol–water partition coefficient (Wildman–Crippen LogP) is 0.554. The summed E-state index contributed by atoms with van der Waals surface area (Å²) in [6, 6.07) is 0. The molecule has 3 aliphatic rings. The van der Waals surface area contributed by atoms with E-state index < -0.39 is 0 Å². The Kier molecular flexibility index (Phi) is 3.63. The Labute approximate surface area is 110 Å². The number of ether oxygens (including phenoxy) is 1. The monoisotopic (exact) mass is 254 g/mol. The summed E-state index contributed by atoms with van der Waals surface area (Å²) < 4.78 is 5.58. The lowest BCUT2D eigenvalue weighted by molar-refractivity contribution is -0.185. The van der Waals surface area contributed by atoms with Gasteiger partial charge in [0.2, 0.25) is 0 Å². The van der Waals surface area contributed by atoms with E-state index in [4.69, 9.17) is 4.74 Å². The fraction of sp³-hybridized carbons (Fsp3) is 1.00. The van der Waals surface area contributed by atoms with E-state index in [9.17, 15) is 5.11 Å². The van der Waals surface area contributed by atoms with Gasteiger partial charge >= 0.3 is 0 Å². The van der Waals surface area contributed by atoms with Crippen LogP contribution in [0.2, 0.25) is 0 Å². The van der Waals surface area contributed by atoms with E-state index in [1.807, 2.05) is 0 Å². The summed E-state index contributed by atoms with van der Waals surface area (Å²) in [5.41, 5.74) is 0.307. The first kappa shape index (κ1) is 12.9. The molecule has 3 saturated heterocycles. The first-order valence-electron chi connectivity index (χ1n) is 7.40. The largest absolute Gasteiger partial charge is 0.393 e. The molecule has 0 aromatic heterocycles. The van der Waals surface area contributed by atoms with E-state index in [0.29, 0.717) is 5.54 Å². The molecule has 3 fully saturated rings. The third-order valence-electron chi connectivity index (χ3n) is 5.28. The zero-order valence-electron chi connectivity index (χ0n) is 11.5. The van der Waals surface area contributed by atoms with Gasteiger partial charge in [-0.05, 0) is 51.7 Å². The number of likely N-dealkylation sites (tertiary alicyclic amines) is 2. The number of rotatable bonds is 2. The van der Waals surface area contributed by atoms with Gasteiger partial charge in [-0.1, -0.05) is 0 Å². The molecule has 4 heteroatoms. The first-order valence-corrected chi connectivity index (χ1v) is 7.40. The Morgan fingerprint density at radius 3 is 2.11 bits per heavy atom. The molecule has 0 aromatic rings. The smallest absolute Gasteiger partial charge is 0.0708 e. The molecule has 4 nitrogen and oxygen atoms in total. The zero-order chi connectivity index (χ0) is 12.6. The molecular weight excluding hydrogens is 228 g/mol. The minimum absolute atomic E-state index is 0.0724. The maximum atomic E-state index is 9.66. The van der Waals surface area contributed by atoms with Crippen molar-refractivity contribution >= 4 is 0 Å². The Bertz CT molecular complexity index is 254. The number of piperidine rings is 2. The third-order valence-corrected chi connectivity index (χ3v) is 5.28. The molecular formula is C14H26N2O2. The molecule has 3 aliphatic heterocycles. The van der Waals surface area contributed by atoms with E-state index in [2.05, 4.69) is 16.8 Å². The molecule has 0 radical (unpaired) electrons. The van der Waals surface area contributed by atoms with Crippen LogP contribution >= 0.6 is 0 Å². The van der Waals surface area contributed by atoms with Gasteiger partial charge in [0.05, 0.1) is 24.9 Å². The van der Waals surface area contributed by atoms with Crippen LogP contribution in [0.1, 0.15) is 25.7 Å². The molecule has 0 bridgehead atoms. The van der Waals surface area contributed by atoms with E-state index in [-0.39, 0.29) is 6.10 Å². The van der Waals surface area contributed by atoms with Crippen LogP contribution in [-0.4, -0.2) is 73.0 Å². The van der Waals surface area contributed by atoms with Gasteiger partial charge in [-0.15, -0.1) is 0 Å². The van der Waals surface area contributed by atoms with E-state index in [1.54, 1.807) is 0 Å². The second-order valence-electron chi connectivity index (χ2n) is 6.39. The lowest BCUT2D eigenvalue weighted by Gasteiger charge is -2.57. The van der Waals surface area contributed by atoms with Crippen LogP contribution in [0.25, 0.3) is 0 Å². The second kappa shape index (κ2) is 5.08. The van der Waals surface area contributed by atoms with Crippen LogP contribution < -0.4 is 0 Å². The zero-order valence-corrected chi connectivity index (χ0v) is 11.5. The van der Waals surface area contributed by atoms with E-state index >= 15 is 0 Å². The molecule has 0 saturated carbocycles. The standard InChI is InChI=1S/C14H26N2O2/c1-15-6-2-12(3-7-15)14(10-18-11-14)16-8-4-13(17)5-9-16/h12-13,17H,2-11H2,1H3. The molecule has 1 N–H and O–H groups in total. The SMILES string of the molecule is CN1CCC(C2(N3CCC(O)CC3)COC2)CC1. The van der Waals surface area contributed by atoms with Crippen LogP contribution in [0.15, 0.2) is 0 Å². The number of hydrogen-bond donors (Lipinski definition) is 1. The summed E-state index contributed by atoms with van der Waals surface area (Å²) in [4.78, 5) is 5.06. The number of aliphatic hydroxyl groups is 1. The fourth-order valence-corrected chi connectivity index (χ4v) is 3.84. The topological polar surface area (TPSA) is 35.9 Å². The van der Waals surface area contributed by atoms with Crippen LogP contribution in [0.4, 0.5) is 0 Å². The van der Waals surface area contributed by atoms with E-state index in [1.165, 1.54) is 25.9 Å². The molecule has 0 spiro atoms. The Morgan fingerprint density at radius 2 is 1.61 bits per heavy atom. The Morgan fingerprint density at radius 1 is 1.00 bits per heavy atom. The molecule has 0 atom stereocenters. The molecule has 0 aliphatic carbocycles. The summed E-state index contributed by atoms with van der Waals surface area (Å²) in [6.45, 7) is 6.38. The summed E-state index contributed by atoms with van der Waals surface area (Å²) in [6.07, 6.45) is 4.41. The van der Waals surface area contributed by atoms with Crippen molar-refractivity contribution in [2.24, 2.45) is 5.92 Å². The average Bonchev–Trinajstić information content (AvgIpc) is 2.32. The van der Waals surface area contributed by atoms with Gasteiger partial charge in [0.1, 0.15) is 0 Å². The number of nitrogens with zero attached hydrogens (tertiary/aromatic N) is 2. The molecule has 3 rings (SSSR count). The highest BCUT2D eigenvalue weighted by atomic mass is 16.5. The summed E-state index contributed by atoms with van der Waals surface area (Å²) >= 11 is 0. The third kappa shape index (κ3) is 2.20. The molecule has 0 aromatic carbocycles. The van der Waals surface area contributed by atoms with Crippen LogP contribution in [-0.2, 0) is 4.74 Å². The summed E-state index contributed by atoms with van der Waals surface area (Å²) in [5, 5.41) is 9.66. The minimum Gasteiger partial charge on any atom is -0.393 e. The highest BCUT2D eigenvalue weighted by Gasteiger charge is 2.50. The number of aliphatic hydroxyl groups excluding tert-OH is 1. The summed E-state index contributed by atoms with van der Waals surface area (Å²) in [7, 11) is 2.22. The maximum Gasteiger partial charge on any atom is 0.0708 e. The maximum absolute atomic E-state index is 9.66. The quantitative estimate of drug-likeness (QED) is 0.781. The molecule has 18 heavy (non-hydrogen) atoms. The predicted molar refractivity (Wildman–Crippen MR) is 70.6 cm³/mol. The van der Waals surface area contributed by atoms with Crippen LogP contribution in [0, 0.1) is 5.92 Å². The van der Waals surface area contributed by atoms with Crippen LogP contribution in [0.5, 0.6) is 0 Å². The number of hydrogen-bond acceptors (Lipinski definition) is 4. The van der Waals surface area contributed by atoms with Crippen molar-refractivity contribution < 1.29 is 9.84 Å². The highest BCUT2D eigenvalue weighted by Crippen LogP contribution is 2.40. The molecule has 0 amide bonds. The fourth-order valence-electron chi connectivity index (χ4n) is 3.84. The summed E-state index contributed by atoms with van der Waals surface area (Å²) in [5.74, 6) is 0.790. The van der Waals surface area contributed by atoms with Gasteiger partial charge in [-0.3, -0.25) is 4.90 Å².